The highest BCUT2D eigenvalue weighted by Gasteiger charge is 2.29. The second-order valence-electron chi connectivity index (χ2n) is 9.62. The molecule has 2 amide bonds. The fraction of sp³-hybridized carbons (Fsp3) is 0.296. The van der Waals surface area contributed by atoms with E-state index in [0.29, 0.717) is 0 Å². The van der Waals surface area contributed by atoms with Crippen molar-refractivity contribution in [3.63, 3.8) is 0 Å². The van der Waals surface area contributed by atoms with Gasteiger partial charge in [0.05, 0.1) is 0 Å². The van der Waals surface area contributed by atoms with E-state index < -0.39 is 35.7 Å². The Morgan fingerprint density at radius 1 is 0.944 bits per heavy atom. The Morgan fingerprint density at radius 3 is 2.33 bits per heavy atom. The average molecular weight is 508 g/mol. The van der Waals surface area contributed by atoms with Gasteiger partial charge in [-0.25, -0.2) is 9.59 Å². The smallest absolute Gasteiger partial charge is 0.408 e. The second kappa shape index (κ2) is 10.4. The van der Waals surface area contributed by atoms with Gasteiger partial charge in [0.25, 0.3) is 0 Å². The van der Waals surface area contributed by atoms with Gasteiger partial charge in [-0.1, -0.05) is 36.4 Å². The lowest BCUT2D eigenvalue weighted by atomic mass is 10.0. The monoisotopic (exact) mass is 507 g/mol. The van der Waals surface area contributed by atoms with Gasteiger partial charge in [-0.05, 0) is 54.8 Å². The molecule has 0 fully saturated rings. The fourth-order valence-electron chi connectivity index (χ4n) is 4.06. The van der Waals surface area contributed by atoms with Gasteiger partial charge in [0.2, 0.25) is 5.91 Å². The number of thiophene rings is 1. The molecule has 188 valence electrons. The predicted molar refractivity (Wildman–Crippen MR) is 140 cm³/mol. The van der Waals surface area contributed by atoms with Crippen molar-refractivity contribution in [2.45, 2.75) is 51.3 Å². The fourth-order valence-corrected chi connectivity index (χ4v) is 5.04. The summed E-state index contributed by atoms with van der Waals surface area (Å²) < 4.78 is 6.42. The van der Waals surface area contributed by atoms with Crippen LogP contribution in [0.15, 0.2) is 60.1 Å². The summed E-state index contributed by atoms with van der Waals surface area (Å²) in [7, 11) is 0. The van der Waals surface area contributed by atoms with Crippen molar-refractivity contribution in [3.8, 4) is 0 Å². The van der Waals surface area contributed by atoms with Gasteiger partial charge in [0.15, 0.2) is 0 Å². The zero-order valence-corrected chi connectivity index (χ0v) is 21.1. The lowest BCUT2D eigenvalue weighted by Gasteiger charge is -2.24. The number of H-pyrrole nitrogens is 1. The summed E-state index contributed by atoms with van der Waals surface area (Å²) in [5.74, 6) is -1.76. The molecule has 0 aliphatic carbocycles. The van der Waals surface area contributed by atoms with Crippen LogP contribution in [0.5, 0.6) is 0 Å². The first-order chi connectivity index (χ1) is 17.1. The molecule has 4 rings (SSSR count). The summed E-state index contributed by atoms with van der Waals surface area (Å²) in [5.41, 5.74) is 1.80. The summed E-state index contributed by atoms with van der Waals surface area (Å²) in [4.78, 5) is 41.1. The first-order valence-electron chi connectivity index (χ1n) is 11.6. The van der Waals surface area contributed by atoms with E-state index in [1.165, 1.54) is 0 Å². The highest BCUT2D eigenvalue weighted by molar-refractivity contribution is 7.17. The standard InChI is InChI=1S/C27H29N3O5S/c1-27(2,3)35-26(34)30-21(13-17-15-36-23-11-7-5-9-19(17)23)24(31)29-22(25(32)33)12-16-14-28-20-10-6-4-8-18(16)20/h4-11,14-15,21-22,28H,12-13H2,1-3H3,(H,29,31)(H,30,34)(H,32,33). The van der Waals surface area contributed by atoms with E-state index >= 15 is 0 Å². The molecule has 2 atom stereocenters. The summed E-state index contributed by atoms with van der Waals surface area (Å²) in [6.07, 6.45) is 1.28. The summed E-state index contributed by atoms with van der Waals surface area (Å²) in [6.45, 7) is 5.20. The molecule has 0 radical (unpaired) electrons. The molecule has 8 nitrogen and oxygen atoms in total. The molecule has 0 spiro atoms. The first kappa shape index (κ1) is 25.2. The first-order valence-corrected chi connectivity index (χ1v) is 12.5. The molecule has 0 aliphatic rings. The largest absolute Gasteiger partial charge is 0.480 e. The molecule has 2 aromatic heterocycles. The molecular weight excluding hydrogens is 478 g/mol. The Labute approximate surface area is 212 Å². The van der Waals surface area contributed by atoms with E-state index in [1.54, 1.807) is 38.3 Å². The number of ether oxygens (including phenoxy) is 1. The number of hydrogen-bond donors (Lipinski definition) is 4. The summed E-state index contributed by atoms with van der Waals surface area (Å²) in [6, 6.07) is 13.2. The predicted octanol–water partition coefficient (Wildman–Crippen LogP) is 4.63. The van der Waals surface area contributed by atoms with E-state index in [1.807, 2.05) is 53.9 Å². The third kappa shape index (κ3) is 6.04. The number of aromatic nitrogens is 1. The van der Waals surface area contributed by atoms with Crippen molar-refractivity contribution in [2.24, 2.45) is 0 Å². The van der Waals surface area contributed by atoms with Crippen molar-refractivity contribution in [2.75, 3.05) is 0 Å². The number of benzene rings is 2. The third-order valence-electron chi connectivity index (χ3n) is 5.71. The SMILES string of the molecule is CC(C)(C)OC(=O)NC(Cc1csc2ccccc12)C(=O)NC(Cc1c[nH]c2ccccc12)C(=O)O. The van der Waals surface area contributed by atoms with Crippen LogP contribution in [0.1, 0.15) is 31.9 Å². The van der Waals surface area contributed by atoms with E-state index in [4.69, 9.17) is 4.74 Å². The number of hydrogen-bond acceptors (Lipinski definition) is 5. The molecule has 4 aromatic rings. The number of amides is 2. The average Bonchev–Trinajstić information content (AvgIpc) is 3.41. The van der Waals surface area contributed by atoms with Crippen molar-refractivity contribution >= 4 is 50.3 Å². The van der Waals surface area contributed by atoms with Crippen molar-refractivity contribution < 1.29 is 24.2 Å². The summed E-state index contributed by atoms with van der Waals surface area (Å²) in [5, 5.41) is 19.0. The third-order valence-corrected chi connectivity index (χ3v) is 6.72. The van der Waals surface area contributed by atoms with Crippen molar-refractivity contribution in [3.05, 3.63) is 71.2 Å². The molecular formula is C27H29N3O5S. The van der Waals surface area contributed by atoms with Crippen LogP contribution in [0.2, 0.25) is 0 Å². The zero-order valence-electron chi connectivity index (χ0n) is 20.3. The Morgan fingerprint density at radius 2 is 1.61 bits per heavy atom. The highest BCUT2D eigenvalue weighted by Crippen LogP contribution is 2.27. The van der Waals surface area contributed by atoms with Gasteiger partial charge < -0.3 is 25.5 Å². The maximum atomic E-state index is 13.4. The Kier molecular flexibility index (Phi) is 7.30. The Balaban J connectivity index is 1.56. The number of carbonyl (C=O) groups is 3. The molecule has 4 N–H and O–H groups in total. The van der Waals surface area contributed by atoms with Gasteiger partial charge >= 0.3 is 12.1 Å². The lowest BCUT2D eigenvalue weighted by Crippen LogP contribution is -2.53. The van der Waals surface area contributed by atoms with Crippen LogP contribution in [0.4, 0.5) is 4.79 Å². The van der Waals surface area contributed by atoms with Gasteiger partial charge in [-0.15, -0.1) is 11.3 Å². The van der Waals surface area contributed by atoms with Gasteiger partial charge in [0, 0.05) is 34.6 Å². The number of carboxylic acids is 1. The Bertz CT molecular complexity index is 1400. The van der Waals surface area contributed by atoms with Crippen LogP contribution in [-0.2, 0) is 27.2 Å². The maximum absolute atomic E-state index is 13.4. The molecule has 0 saturated carbocycles. The molecule has 36 heavy (non-hydrogen) atoms. The minimum absolute atomic E-state index is 0.0889. The number of rotatable bonds is 8. The molecule has 0 bridgehead atoms. The molecule has 0 saturated heterocycles. The second-order valence-corrected chi connectivity index (χ2v) is 10.5. The number of fused-ring (bicyclic) bond motifs is 2. The topological polar surface area (TPSA) is 121 Å². The summed E-state index contributed by atoms with van der Waals surface area (Å²) >= 11 is 1.55. The maximum Gasteiger partial charge on any atom is 0.408 e. The molecule has 2 unspecified atom stereocenters. The molecule has 2 aromatic carbocycles. The van der Waals surface area contributed by atoms with Crippen LogP contribution < -0.4 is 10.6 Å². The number of carboxylic acid groups (broad SMARTS) is 1. The number of aliphatic carboxylic acids is 1. The minimum atomic E-state index is -1.18. The zero-order chi connectivity index (χ0) is 25.9. The normalized spacial score (nSPS) is 13.3. The van der Waals surface area contributed by atoms with Crippen LogP contribution >= 0.6 is 11.3 Å². The van der Waals surface area contributed by atoms with E-state index in [9.17, 15) is 19.5 Å². The van der Waals surface area contributed by atoms with Crippen LogP contribution in [0.3, 0.4) is 0 Å². The molecule has 2 heterocycles. The van der Waals surface area contributed by atoms with Gasteiger partial charge in [-0.2, -0.15) is 0 Å². The quantitative estimate of drug-likeness (QED) is 0.277. The van der Waals surface area contributed by atoms with Crippen LogP contribution in [-0.4, -0.2) is 45.7 Å². The van der Waals surface area contributed by atoms with E-state index in [2.05, 4.69) is 15.6 Å². The van der Waals surface area contributed by atoms with Crippen molar-refractivity contribution in [1.82, 2.24) is 15.6 Å². The highest BCUT2D eigenvalue weighted by atomic mass is 32.1. The number of carbonyl (C=O) groups excluding carboxylic acids is 2. The Hall–Kier alpha value is -3.85. The van der Waals surface area contributed by atoms with E-state index in [-0.39, 0.29) is 12.8 Å². The van der Waals surface area contributed by atoms with Crippen molar-refractivity contribution in [1.29, 1.82) is 0 Å². The van der Waals surface area contributed by atoms with Crippen LogP contribution in [0, 0.1) is 0 Å². The number of alkyl carbamates (subject to hydrolysis) is 1. The van der Waals surface area contributed by atoms with Gasteiger partial charge in [-0.3, -0.25) is 4.79 Å². The molecule has 9 heteroatoms. The number of nitrogens with one attached hydrogen (secondary N) is 3. The van der Waals surface area contributed by atoms with Crippen LogP contribution in [0.25, 0.3) is 21.0 Å². The molecule has 0 aliphatic heterocycles. The van der Waals surface area contributed by atoms with E-state index in [0.717, 1.165) is 32.1 Å². The lowest BCUT2D eigenvalue weighted by molar-refractivity contribution is -0.142. The number of para-hydroxylation sites is 1. The minimum Gasteiger partial charge on any atom is -0.480 e. The number of aromatic amines is 1. The van der Waals surface area contributed by atoms with Gasteiger partial charge in [0.1, 0.15) is 17.7 Å².